The van der Waals surface area contributed by atoms with Crippen molar-refractivity contribution in [3.8, 4) is 0 Å². The van der Waals surface area contributed by atoms with Crippen molar-refractivity contribution in [2.24, 2.45) is 0 Å². The maximum Gasteiger partial charge on any atom is 0.158 e. The van der Waals surface area contributed by atoms with Crippen LogP contribution in [0.4, 0.5) is 5.82 Å². The maximum absolute atomic E-state index is 8.64. The molecule has 84 valence electrons. The zero-order valence-corrected chi connectivity index (χ0v) is 9.29. The van der Waals surface area contributed by atoms with E-state index in [1.165, 1.54) is 0 Å². The van der Waals surface area contributed by atoms with Crippen LogP contribution in [0.2, 0.25) is 5.15 Å². The molecule has 15 heavy (non-hydrogen) atoms. The number of aliphatic hydroxyl groups excluding tert-OH is 1. The summed E-state index contributed by atoms with van der Waals surface area (Å²) in [6, 6.07) is 1.60. The average molecular weight is 232 g/mol. The molecule has 0 atom stereocenters. The molecule has 0 saturated carbocycles. The van der Waals surface area contributed by atoms with Crippen LogP contribution < -0.4 is 5.32 Å². The van der Waals surface area contributed by atoms with Gasteiger partial charge >= 0.3 is 0 Å². The lowest BCUT2D eigenvalue weighted by Crippen LogP contribution is -2.09. The zero-order valence-electron chi connectivity index (χ0n) is 8.53. The van der Waals surface area contributed by atoms with Crippen molar-refractivity contribution < 1.29 is 9.84 Å². The molecular formula is C9H14ClN3O2. The first-order valence-electron chi connectivity index (χ1n) is 4.72. The molecule has 0 amide bonds. The summed E-state index contributed by atoms with van der Waals surface area (Å²) in [7, 11) is 0. The summed E-state index contributed by atoms with van der Waals surface area (Å²) < 4.78 is 5.17. The van der Waals surface area contributed by atoms with Gasteiger partial charge in [-0.25, -0.2) is 9.97 Å². The molecule has 0 saturated heterocycles. The monoisotopic (exact) mass is 231 g/mol. The second-order valence-corrected chi connectivity index (χ2v) is 3.17. The summed E-state index contributed by atoms with van der Waals surface area (Å²) >= 11 is 5.80. The number of nitrogens with zero attached hydrogens (tertiary/aromatic N) is 2. The molecule has 1 aromatic heterocycles. The Labute approximate surface area is 93.5 Å². The lowest BCUT2D eigenvalue weighted by molar-refractivity contribution is 0.128. The molecule has 1 rings (SSSR count). The van der Waals surface area contributed by atoms with Gasteiger partial charge in [0.25, 0.3) is 0 Å². The van der Waals surface area contributed by atoms with Crippen LogP contribution in [0.5, 0.6) is 0 Å². The smallest absolute Gasteiger partial charge is 0.158 e. The highest BCUT2D eigenvalue weighted by Gasteiger charge is 2.02. The molecule has 0 aliphatic heterocycles. The maximum atomic E-state index is 8.64. The van der Waals surface area contributed by atoms with E-state index in [1.807, 2.05) is 6.92 Å². The molecule has 1 heterocycles. The topological polar surface area (TPSA) is 67.3 Å². The minimum absolute atomic E-state index is 0.0441. The van der Waals surface area contributed by atoms with Crippen molar-refractivity contribution >= 4 is 17.4 Å². The summed E-state index contributed by atoms with van der Waals surface area (Å²) in [5.41, 5.74) is 0. The fraction of sp³-hybridized carbons (Fsp3) is 0.556. The van der Waals surface area contributed by atoms with Gasteiger partial charge in [-0.1, -0.05) is 11.6 Å². The van der Waals surface area contributed by atoms with E-state index >= 15 is 0 Å². The van der Waals surface area contributed by atoms with Gasteiger partial charge in [-0.3, -0.25) is 0 Å². The molecule has 5 nitrogen and oxygen atoms in total. The molecule has 0 aliphatic rings. The van der Waals surface area contributed by atoms with Crippen LogP contribution in [0.15, 0.2) is 6.07 Å². The van der Waals surface area contributed by atoms with Crippen LogP contribution in [-0.2, 0) is 11.3 Å². The fourth-order valence-electron chi connectivity index (χ4n) is 0.997. The summed E-state index contributed by atoms with van der Waals surface area (Å²) in [5, 5.41) is 11.9. The van der Waals surface area contributed by atoms with Gasteiger partial charge in [0.15, 0.2) is 5.82 Å². The van der Waals surface area contributed by atoms with E-state index in [9.17, 15) is 0 Å². The highest BCUT2D eigenvalue weighted by molar-refractivity contribution is 6.29. The Balaban J connectivity index is 2.66. The van der Waals surface area contributed by atoms with Crippen molar-refractivity contribution in [3.05, 3.63) is 17.0 Å². The van der Waals surface area contributed by atoms with E-state index in [0.29, 0.717) is 36.6 Å². The normalized spacial score (nSPS) is 10.3. The van der Waals surface area contributed by atoms with E-state index in [4.69, 9.17) is 21.4 Å². The van der Waals surface area contributed by atoms with Gasteiger partial charge in [-0.2, -0.15) is 0 Å². The Morgan fingerprint density at radius 2 is 2.33 bits per heavy atom. The van der Waals surface area contributed by atoms with E-state index in [2.05, 4.69) is 15.3 Å². The summed E-state index contributed by atoms with van der Waals surface area (Å²) in [4.78, 5) is 8.17. The first-order valence-corrected chi connectivity index (χ1v) is 5.10. The van der Waals surface area contributed by atoms with Crippen LogP contribution in [0.1, 0.15) is 12.7 Å². The molecule has 0 aliphatic carbocycles. The van der Waals surface area contributed by atoms with Crippen LogP contribution >= 0.6 is 11.6 Å². The highest BCUT2D eigenvalue weighted by atomic mass is 35.5. The Kier molecular flexibility index (Phi) is 5.31. The van der Waals surface area contributed by atoms with Gasteiger partial charge in [0, 0.05) is 19.2 Å². The van der Waals surface area contributed by atoms with Crippen molar-refractivity contribution in [1.29, 1.82) is 0 Å². The molecular weight excluding hydrogens is 218 g/mol. The minimum Gasteiger partial charge on any atom is -0.395 e. The Bertz CT molecular complexity index is 283. The second-order valence-electron chi connectivity index (χ2n) is 2.78. The molecule has 0 aromatic carbocycles. The standard InChI is InChI=1S/C9H14ClN3O2/c1-2-15-6-9-12-7(10)5-8(13-9)11-3-4-14/h5,14H,2-4,6H2,1H3,(H,11,12,13). The summed E-state index contributed by atoms with van der Waals surface area (Å²) in [6.45, 7) is 3.32. The van der Waals surface area contributed by atoms with Gasteiger partial charge in [0.1, 0.15) is 17.6 Å². The van der Waals surface area contributed by atoms with Crippen molar-refractivity contribution in [1.82, 2.24) is 9.97 Å². The Morgan fingerprint density at radius 3 is 3.00 bits per heavy atom. The molecule has 0 bridgehead atoms. The molecule has 6 heteroatoms. The van der Waals surface area contributed by atoms with Crippen molar-refractivity contribution in [3.63, 3.8) is 0 Å². The third-order valence-corrected chi connectivity index (χ3v) is 1.79. The molecule has 0 radical (unpaired) electrons. The van der Waals surface area contributed by atoms with Crippen LogP contribution in [0.3, 0.4) is 0 Å². The number of rotatable bonds is 6. The molecule has 0 spiro atoms. The second kappa shape index (κ2) is 6.55. The number of ether oxygens (including phenoxy) is 1. The van der Waals surface area contributed by atoms with E-state index in [1.54, 1.807) is 6.07 Å². The third kappa shape index (κ3) is 4.42. The predicted molar refractivity (Wildman–Crippen MR) is 57.9 cm³/mol. The predicted octanol–water partition coefficient (Wildman–Crippen LogP) is 1.07. The van der Waals surface area contributed by atoms with Crippen LogP contribution in [-0.4, -0.2) is 34.8 Å². The van der Waals surface area contributed by atoms with Crippen LogP contribution in [0, 0.1) is 0 Å². The van der Waals surface area contributed by atoms with Gasteiger partial charge in [0.05, 0.1) is 6.61 Å². The number of hydrogen-bond acceptors (Lipinski definition) is 5. The van der Waals surface area contributed by atoms with E-state index < -0.39 is 0 Å². The number of anilines is 1. The average Bonchev–Trinajstić information content (AvgIpc) is 2.23. The summed E-state index contributed by atoms with van der Waals surface area (Å²) in [5.74, 6) is 1.13. The first kappa shape index (κ1) is 12.2. The third-order valence-electron chi connectivity index (χ3n) is 1.59. The number of aromatic nitrogens is 2. The van der Waals surface area contributed by atoms with Crippen molar-refractivity contribution in [2.45, 2.75) is 13.5 Å². The van der Waals surface area contributed by atoms with Gasteiger partial charge < -0.3 is 15.2 Å². The lowest BCUT2D eigenvalue weighted by Gasteiger charge is -2.06. The fourth-order valence-corrected chi connectivity index (χ4v) is 1.20. The quantitative estimate of drug-likeness (QED) is 0.717. The van der Waals surface area contributed by atoms with Crippen molar-refractivity contribution in [2.75, 3.05) is 25.1 Å². The Hall–Kier alpha value is -0.910. The first-order chi connectivity index (χ1) is 7.26. The van der Waals surface area contributed by atoms with Crippen LogP contribution in [0.25, 0.3) is 0 Å². The molecule has 0 fully saturated rings. The summed E-state index contributed by atoms with van der Waals surface area (Å²) in [6.07, 6.45) is 0. The molecule has 2 N–H and O–H groups in total. The number of halogens is 1. The Morgan fingerprint density at radius 1 is 1.53 bits per heavy atom. The van der Waals surface area contributed by atoms with Gasteiger partial charge in [-0.05, 0) is 6.92 Å². The largest absolute Gasteiger partial charge is 0.395 e. The van der Waals surface area contributed by atoms with Gasteiger partial charge in [-0.15, -0.1) is 0 Å². The minimum atomic E-state index is 0.0441. The zero-order chi connectivity index (χ0) is 11.1. The molecule has 1 aromatic rings. The highest BCUT2D eigenvalue weighted by Crippen LogP contribution is 2.11. The van der Waals surface area contributed by atoms with E-state index in [-0.39, 0.29) is 6.61 Å². The number of hydrogen-bond donors (Lipinski definition) is 2. The SMILES string of the molecule is CCOCc1nc(Cl)cc(NCCO)n1. The number of nitrogens with one attached hydrogen (secondary N) is 1. The molecule has 0 unspecified atom stereocenters. The number of aliphatic hydroxyl groups is 1. The van der Waals surface area contributed by atoms with E-state index in [0.717, 1.165) is 0 Å². The lowest BCUT2D eigenvalue weighted by atomic mass is 10.5. The van der Waals surface area contributed by atoms with Gasteiger partial charge in [0.2, 0.25) is 0 Å².